The summed E-state index contributed by atoms with van der Waals surface area (Å²) in [5, 5.41) is 0. The molecule has 0 heterocycles. The van der Waals surface area contributed by atoms with Gasteiger partial charge in [-0.1, -0.05) is 60.5 Å². The molecule has 0 aromatic carbocycles. The van der Waals surface area contributed by atoms with Gasteiger partial charge in [0, 0.05) is 4.32 Å². The van der Waals surface area contributed by atoms with Crippen molar-refractivity contribution in [3.05, 3.63) is 24.3 Å². The first-order chi connectivity index (χ1) is 5.83. The van der Waals surface area contributed by atoms with Crippen molar-refractivity contribution in [1.82, 2.24) is 0 Å². The smallest absolute Gasteiger partial charge is 0.0201 e. The average Bonchev–Trinajstić information content (AvgIpc) is 1.95. The van der Waals surface area contributed by atoms with Gasteiger partial charge in [-0.3, -0.25) is 0 Å². The molecule has 0 aliphatic carbocycles. The van der Waals surface area contributed by atoms with E-state index in [1.165, 1.54) is 24.8 Å². The van der Waals surface area contributed by atoms with Gasteiger partial charge in [0.05, 0.1) is 0 Å². The van der Waals surface area contributed by atoms with E-state index in [1.807, 2.05) is 6.92 Å². The molecule has 0 radical (unpaired) electrons. The Bertz CT molecular complexity index is 184. The molecule has 0 aromatic rings. The van der Waals surface area contributed by atoms with E-state index in [0.29, 0.717) is 0 Å². The zero-order chi connectivity index (χ0) is 10.5. The summed E-state index contributed by atoms with van der Waals surface area (Å²) in [7, 11) is 0. The Labute approximate surface area is 91.2 Å². The van der Waals surface area contributed by atoms with Gasteiger partial charge in [0.15, 0.2) is 0 Å². The van der Waals surface area contributed by atoms with Gasteiger partial charge in [-0.05, 0) is 26.2 Å². The molecule has 0 unspecified atom stereocenters. The van der Waals surface area contributed by atoms with Crippen LogP contribution >= 0.6 is 15.9 Å². The van der Waals surface area contributed by atoms with Crippen molar-refractivity contribution in [2.24, 2.45) is 0 Å². The first-order valence-corrected chi connectivity index (χ1v) is 5.65. The lowest BCUT2D eigenvalue weighted by Gasteiger charge is -2.15. The van der Waals surface area contributed by atoms with Gasteiger partial charge in [0.2, 0.25) is 0 Å². The molecule has 0 fully saturated rings. The number of hydrogen-bond acceptors (Lipinski definition) is 0. The number of alkyl halides is 1. The summed E-state index contributed by atoms with van der Waals surface area (Å²) in [5.74, 6) is 0. The highest BCUT2D eigenvalue weighted by Crippen LogP contribution is 2.24. The maximum absolute atomic E-state index is 3.98. The summed E-state index contributed by atoms with van der Waals surface area (Å²) < 4.78 is 0.289. The molecule has 76 valence electrons. The number of halogens is 1. The minimum atomic E-state index is 0.289. The topological polar surface area (TPSA) is 0 Å². The Morgan fingerprint density at radius 3 is 2.15 bits per heavy atom. The summed E-state index contributed by atoms with van der Waals surface area (Å²) in [4.78, 5) is 0. The first-order valence-electron chi connectivity index (χ1n) is 4.85. The van der Waals surface area contributed by atoms with Crippen LogP contribution in [-0.4, -0.2) is 4.32 Å². The van der Waals surface area contributed by atoms with Crippen LogP contribution in [0.1, 0.15) is 46.5 Å². The molecule has 0 spiro atoms. The summed E-state index contributed by atoms with van der Waals surface area (Å²) in [6, 6.07) is 0. The Kier molecular flexibility index (Phi) is 5.62. The molecule has 0 rings (SSSR count). The zero-order valence-corrected chi connectivity index (χ0v) is 10.7. The van der Waals surface area contributed by atoms with Gasteiger partial charge in [-0.15, -0.1) is 0 Å². The van der Waals surface area contributed by atoms with Gasteiger partial charge in [-0.25, -0.2) is 0 Å². The first kappa shape index (κ1) is 13.0. The van der Waals surface area contributed by atoms with Crippen molar-refractivity contribution >= 4 is 15.9 Å². The van der Waals surface area contributed by atoms with Crippen molar-refractivity contribution in [3.8, 4) is 0 Å². The Hall–Kier alpha value is -0.0400. The van der Waals surface area contributed by atoms with E-state index in [1.54, 1.807) is 0 Å². The van der Waals surface area contributed by atoms with Crippen LogP contribution in [0.3, 0.4) is 0 Å². The minimum absolute atomic E-state index is 0.289. The second-order valence-electron chi connectivity index (χ2n) is 4.31. The highest BCUT2D eigenvalue weighted by Gasteiger charge is 2.11. The Morgan fingerprint density at radius 1 is 1.23 bits per heavy atom. The van der Waals surface area contributed by atoms with E-state index in [4.69, 9.17) is 0 Å². The molecular formula is C12H21Br. The average molecular weight is 245 g/mol. The molecule has 0 saturated heterocycles. The summed E-state index contributed by atoms with van der Waals surface area (Å²) >= 11 is 3.63. The van der Waals surface area contributed by atoms with Gasteiger partial charge >= 0.3 is 0 Å². The fraction of sp³-hybridized carbons (Fsp3) is 0.667. The molecule has 0 aromatic heterocycles. The van der Waals surface area contributed by atoms with E-state index in [2.05, 4.69) is 42.9 Å². The summed E-state index contributed by atoms with van der Waals surface area (Å²) in [5.41, 5.74) is 2.32. The van der Waals surface area contributed by atoms with E-state index < -0.39 is 0 Å². The van der Waals surface area contributed by atoms with Crippen molar-refractivity contribution in [2.45, 2.75) is 50.8 Å². The van der Waals surface area contributed by atoms with E-state index in [0.717, 1.165) is 12.0 Å². The quantitative estimate of drug-likeness (QED) is 0.356. The largest absolute Gasteiger partial charge is 0.0959 e. The second-order valence-corrected chi connectivity index (χ2v) is 6.46. The lowest BCUT2D eigenvalue weighted by Crippen LogP contribution is -2.08. The van der Waals surface area contributed by atoms with Gasteiger partial charge < -0.3 is 0 Å². The number of allylic oxidation sites excluding steroid dienone is 2. The van der Waals surface area contributed by atoms with E-state index >= 15 is 0 Å². The molecule has 0 aliphatic rings. The van der Waals surface area contributed by atoms with Gasteiger partial charge in [0.1, 0.15) is 0 Å². The standard InChI is InChI=1S/C12H21Br/c1-10(2)11(3)8-6-7-9-12(4,5)13/h1,3,6-9H2,2,4-5H3. The highest BCUT2D eigenvalue weighted by atomic mass is 79.9. The maximum atomic E-state index is 3.98. The molecule has 13 heavy (non-hydrogen) atoms. The van der Waals surface area contributed by atoms with Crippen LogP contribution in [0.25, 0.3) is 0 Å². The second kappa shape index (κ2) is 5.64. The van der Waals surface area contributed by atoms with Gasteiger partial charge in [-0.2, -0.15) is 0 Å². The van der Waals surface area contributed by atoms with Crippen LogP contribution in [-0.2, 0) is 0 Å². The molecule has 0 aliphatic heterocycles. The molecule has 1 heteroatoms. The van der Waals surface area contributed by atoms with Crippen molar-refractivity contribution < 1.29 is 0 Å². The van der Waals surface area contributed by atoms with Crippen molar-refractivity contribution in [2.75, 3.05) is 0 Å². The lowest BCUT2D eigenvalue weighted by molar-refractivity contribution is 0.587. The molecule has 0 bridgehead atoms. The molecule has 0 saturated carbocycles. The van der Waals surface area contributed by atoms with E-state index in [9.17, 15) is 0 Å². The zero-order valence-electron chi connectivity index (χ0n) is 9.12. The number of hydrogen-bond donors (Lipinski definition) is 0. The van der Waals surface area contributed by atoms with Crippen LogP contribution < -0.4 is 0 Å². The number of unbranched alkanes of at least 4 members (excludes halogenated alkanes) is 1. The molecule has 0 nitrogen and oxygen atoms in total. The van der Waals surface area contributed by atoms with E-state index in [-0.39, 0.29) is 4.32 Å². The van der Waals surface area contributed by atoms with Gasteiger partial charge in [0.25, 0.3) is 0 Å². The predicted octanol–water partition coefficient (Wildman–Crippen LogP) is 4.85. The van der Waals surface area contributed by atoms with Crippen molar-refractivity contribution in [3.63, 3.8) is 0 Å². The third-order valence-electron chi connectivity index (χ3n) is 2.10. The molecule has 0 atom stereocenters. The Morgan fingerprint density at radius 2 is 1.77 bits per heavy atom. The minimum Gasteiger partial charge on any atom is -0.0959 e. The summed E-state index contributed by atoms with van der Waals surface area (Å²) in [6.45, 7) is 14.3. The SMILES string of the molecule is C=C(C)C(=C)CCCCC(C)(C)Br. The normalized spacial score (nSPS) is 11.4. The Balaban J connectivity index is 3.47. The fourth-order valence-electron chi connectivity index (χ4n) is 1.10. The van der Waals surface area contributed by atoms with Crippen LogP contribution in [0.5, 0.6) is 0 Å². The maximum Gasteiger partial charge on any atom is 0.0201 e. The highest BCUT2D eigenvalue weighted by molar-refractivity contribution is 9.10. The molecule has 0 amide bonds. The van der Waals surface area contributed by atoms with Crippen molar-refractivity contribution in [1.29, 1.82) is 0 Å². The van der Waals surface area contributed by atoms with Crippen LogP contribution in [0.4, 0.5) is 0 Å². The summed E-state index contributed by atoms with van der Waals surface area (Å²) in [6.07, 6.45) is 4.79. The lowest BCUT2D eigenvalue weighted by atomic mass is 10.0. The third-order valence-corrected chi connectivity index (χ3v) is 2.50. The number of rotatable bonds is 6. The van der Waals surface area contributed by atoms with Crippen LogP contribution in [0, 0.1) is 0 Å². The predicted molar refractivity (Wildman–Crippen MR) is 65.4 cm³/mol. The third kappa shape index (κ3) is 8.29. The fourth-order valence-corrected chi connectivity index (χ4v) is 1.38. The monoisotopic (exact) mass is 244 g/mol. The van der Waals surface area contributed by atoms with Crippen LogP contribution in [0.15, 0.2) is 24.3 Å². The molecule has 0 N–H and O–H groups in total. The van der Waals surface area contributed by atoms with Crippen LogP contribution in [0.2, 0.25) is 0 Å². The molecular weight excluding hydrogens is 224 g/mol.